The van der Waals surface area contributed by atoms with Crippen LogP contribution in [0.2, 0.25) is 0 Å². The average molecular weight is 265 g/mol. The molecule has 0 aliphatic carbocycles. The van der Waals surface area contributed by atoms with Gasteiger partial charge in [-0.3, -0.25) is 4.79 Å². The third-order valence-corrected chi connectivity index (χ3v) is 3.18. The van der Waals surface area contributed by atoms with Crippen molar-refractivity contribution in [3.63, 3.8) is 0 Å². The van der Waals surface area contributed by atoms with Crippen molar-refractivity contribution in [1.29, 1.82) is 0 Å². The van der Waals surface area contributed by atoms with Crippen LogP contribution in [0.25, 0.3) is 22.3 Å². The molecule has 2 aromatic carbocycles. The molecule has 20 heavy (non-hydrogen) atoms. The lowest BCUT2D eigenvalue weighted by Gasteiger charge is -2.04. The van der Waals surface area contributed by atoms with Crippen LogP contribution in [0.3, 0.4) is 0 Å². The number of hydrogen-bond acceptors (Lipinski definition) is 1. The monoisotopic (exact) mass is 265 g/mol. The highest BCUT2D eigenvalue weighted by Crippen LogP contribution is 2.24. The molecule has 98 valence electrons. The Morgan fingerprint density at radius 2 is 1.10 bits per heavy atom. The first-order chi connectivity index (χ1) is 9.72. The average Bonchev–Trinajstić information content (AvgIpc) is 2.49. The summed E-state index contributed by atoms with van der Waals surface area (Å²) in [7, 11) is 0. The number of aromatic amines is 1. The molecule has 0 unspecified atom stereocenters. The maximum absolute atomic E-state index is 12.9. The van der Waals surface area contributed by atoms with Gasteiger partial charge in [0.05, 0.1) is 0 Å². The summed E-state index contributed by atoms with van der Waals surface area (Å²) < 4.78 is 12.9. The van der Waals surface area contributed by atoms with E-state index in [-0.39, 0.29) is 11.4 Å². The topological polar surface area (TPSA) is 32.9 Å². The van der Waals surface area contributed by atoms with Gasteiger partial charge in [0.2, 0.25) is 5.56 Å². The van der Waals surface area contributed by atoms with E-state index in [1.165, 1.54) is 18.2 Å². The number of aromatic nitrogens is 1. The molecule has 0 saturated carbocycles. The van der Waals surface area contributed by atoms with Crippen molar-refractivity contribution in [1.82, 2.24) is 4.98 Å². The van der Waals surface area contributed by atoms with Crippen molar-refractivity contribution in [2.75, 3.05) is 0 Å². The molecule has 1 aromatic heterocycles. The molecule has 3 aromatic rings. The van der Waals surface area contributed by atoms with Gasteiger partial charge in [-0.15, -0.1) is 0 Å². The Labute approximate surface area is 115 Å². The first-order valence-corrected chi connectivity index (χ1v) is 6.27. The van der Waals surface area contributed by atoms with Gasteiger partial charge in [-0.2, -0.15) is 0 Å². The molecule has 2 nitrogen and oxygen atoms in total. The summed E-state index contributed by atoms with van der Waals surface area (Å²) in [5.41, 5.74) is 3.86. The first-order valence-electron chi connectivity index (χ1n) is 6.27. The fourth-order valence-corrected chi connectivity index (χ4v) is 2.09. The van der Waals surface area contributed by atoms with E-state index in [9.17, 15) is 9.18 Å². The maximum Gasteiger partial charge on any atom is 0.247 e. The van der Waals surface area contributed by atoms with Crippen LogP contribution < -0.4 is 5.56 Å². The van der Waals surface area contributed by atoms with Crippen molar-refractivity contribution in [3.05, 3.63) is 83.0 Å². The van der Waals surface area contributed by atoms with Crippen molar-refractivity contribution in [2.24, 2.45) is 0 Å². The zero-order chi connectivity index (χ0) is 13.9. The standard InChI is InChI=1S/C17H12FNO/c18-16-8-5-13(6-9-16)12-1-3-14(4-2-12)15-7-10-17(20)19-11-15/h1-11H,(H,19,20). The van der Waals surface area contributed by atoms with E-state index in [2.05, 4.69) is 4.98 Å². The lowest BCUT2D eigenvalue weighted by molar-refractivity contribution is 0.628. The lowest BCUT2D eigenvalue weighted by atomic mass is 10.0. The smallest absolute Gasteiger partial charge is 0.247 e. The Kier molecular flexibility index (Phi) is 3.17. The Morgan fingerprint density at radius 3 is 1.60 bits per heavy atom. The number of benzene rings is 2. The number of pyridine rings is 1. The van der Waals surface area contributed by atoms with Crippen LogP contribution in [0.15, 0.2) is 71.7 Å². The molecule has 3 rings (SSSR count). The summed E-state index contributed by atoms with van der Waals surface area (Å²) in [4.78, 5) is 13.7. The van der Waals surface area contributed by atoms with Gasteiger partial charge in [-0.25, -0.2) is 4.39 Å². The summed E-state index contributed by atoms with van der Waals surface area (Å²) in [5.74, 6) is -0.237. The van der Waals surface area contributed by atoms with Gasteiger partial charge in [0.15, 0.2) is 0 Å². The highest BCUT2D eigenvalue weighted by atomic mass is 19.1. The molecule has 0 atom stereocenters. The molecule has 0 bridgehead atoms. The third kappa shape index (κ3) is 2.52. The van der Waals surface area contributed by atoms with Crippen LogP contribution in [0.4, 0.5) is 4.39 Å². The number of hydrogen-bond donors (Lipinski definition) is 1. The fraction of sp³-hybridized carbons (Fsp3) is 0. The Hall–Kier alpha value is -2.68. The van der Waals surface area contributed by atoms with E-state index >= 15 is 0 Å². The van der Waals surface area contributed by atoms with E-state index in [4.69, 9.17) is 0 Å². The van der Waals surface area contributed by atoms with E-state index < -0.39 is 0 Å². The minimum atomic E-state index is -0.237. The molecular weight excluding hydrogens is 253 g/mol. The fourth-order valence-electron chi connectivity index (χ4n) is 2.09. The lowest BCUT2D eigenvalue weighted by Crippen LogP contribution is -2.01. The summed E-state index contributed by atoms with van der Waals surface area (Å²) in [6, 6.07) is 17.6. The van der Waals surface area contributed by atoms with Crippen LogP contribution in [0.5, 0.6) is 0 Å². The summed E-state index contributed by atoms with van der Waals surface area (Å²) >= 11 is 0. The molecule has 0 saturated heterocycles. The second-order valence-electron chi connectivity index (χ2n) is 4.53. The third-order valence-electron chi connectivity index (χ3n) is 3.18. The molecule has 0 fully saturated rings. The molecule has 0 aliphatic rings. The molecule has 1 heterocycles. The van der Waals surface area contributed by atoms with Crippen LogP contribution >= 0.6 is 0 Å². The van der Waals surface area contributed by atoms with Crippen molar-refractivity contribution in [2.45, 2.75) is 0 Å². The summed E-state index contributed by atoms with van der Waals surface area (Å²) in [5, 5.41) is 0. The van der Waals surface area contributed by atoms with Gasteiger partial charge in [-0.1, -0.05) is 36.4 Å². The van der Waals surface area contributed by atoms with E-state index in [1.54, 1.807) is 24.4 Å². The second-order valence-corrected chi connectivity index (χ2v) is 4.53. The quantitative estimate of drug-likeness (QED) is 0.750. The minimum Gasteiger partial charge on any atom is -0.328 e. The second kappa shape index (κ2) is 5.13. The minimum absolute atomic E-state index is 0.114. The molecule has 0 amide bonds. The van der Waals surface area contributed by atoms with Crippen LogP contribution in [-0.4, -0.2) is 4.98 Å². The number of H-pyrrole nitrogens is 1. The van der Waals surface area contributed by atoms with Crippen LogP contribution in [0.1, 0.15) is 0 Å². The summed E-state index contributed by atoms with van der Waals surface area (Å²) in [6.45, 7) is 0. The summed E-state index contributed by atoms with van der Waals surface area (Å²) in [6.07, 6.45) is 1.69. The van der Waals surface area contributed by atoms with Gasteiger partial charge in [0.25, 0.3) is 0 Å². The highest BCUT2D eigenvalue weighted by Gasteiger charge is 2.00. The SMILES string of the molecule is O=c1ccc(-c2ccc(-c3ccc(F)cc3)cc2)c[nH]1. The zero-order valence-electron chi connectivity index (χ0n) is 10.6. The Balaban J connectivity index is 1.93. The van der Waals surface area contributed by atoms with Gasteiger partial charge in [0, 0.05) is 12.3 Å². The van der Waals surface area contributed by atoms with E-state index in [0.717, 1.165) is 22.3 Å². The van der Waals surface area contributed by atoms with Crippen molar-refractivity contribution in [3.8, 4) is 22.3 Å². The number of nitrogens with one attached hydrogen (secondary N) is 1. The Morgan fingerprint density at radius 1 is 0.650 bits per heavy atom. The van der Waals surface area contributed by atoms with E-state index in [0.29, 0.717) is 0 Å². The van der Waals surface area contributed by atoms with Gasteiger partial charge >= 0.3 is 0 Å². The predicted octanol–water partition coefficient (Wildman–Crippen LogP) is 3.85. The van der Waals surface area contributed by atoms with Crippen molar-refractivity contribution >= 4 is 0 Å². The number of halogens is 1. The van der Waals surface area contributed by atoms with Gasteiger partial charge < -0.3 is 4.98 Å². The zero-order valence-corrected chi connectivity index (χ0v) is 10.6. The molecule has 0 aliphatic heterocycles. The molecule has 0 radical (unpaired) electrons. The largest absolute Gasteiger partial charge is 0.328 e. The molecule has 3 heteroatoms. The van der Waals surface area contributed by atoms with Crippen molar-refractivity contribution < 1.29 is 4.39 Å². The van der Waals surface area contributed by atoms with Crippen LogP contribution in [-0.2, 0) is 0 Å². The molecule has 1 N–H and O–H groups in total. The van der Waals surface area contributed by atoms with E-state index in [1.807, 2.05) is 24.3 Å². The highest BCUT2D eigenvalue weighted by molar-refractivity contribution is 5.69. The normalized spacial score (nSPS) is 10.4. The van der Waals surface area contributed by atoms with Gasteiger partial charge in [-0.05, 0) is 40.5 Å². The Bertz CT molecular complexity index is 753. The number of rotatable bonds is 2. The first kappa shape index (κ1) is 12.4. The maximum atomic E-state index is 12.9. The molecule has 0 spiro atoms. The predicted molar refractivity (Wildman–Crippen MR) is 77.9 cm³/mol. The van der Waals surface area contributed by atoms with Gasteiger partial charge in [0.1, 0.15) is 5.82 Å². The van der Waals surface area contributed by atoms with Crippen LogP contribution in [0, 0.1) is 5.82 Å². The molecular formula is C17H12FNO.